The third-order valence-corrected chi connectivity index (χ3v) is 6.36. The molecule has 2 aliphatic rings. The minimum absolute atomic E-state index is 0.0294. The molecule has 1 N–H and O–H groups in total. The molecule has 3 aromatic rings. The highest BCUT2D eigenvalue weighted by molar-refractivity contribution is 5.93. The van der Waals surface area contributed by atoms with Crippen LogP contribution in [-0.2, 0) is 14.3 Å². The van der Waals surface area contributed by atoms with Gasteiger partial charge in [-0.25, -0.2) is 4.79 Å². The fourth-order valence-electron chi connectivity index (χ4n) is 4.85. The molecule has 0 spiro atoms. The zero-order valence-electron chi connectivity index (χ0n) is 17.7. The third-order valence-electron chi connectivity index (χ3n) is 6.36. The quantitative estimate of drug-likeness (QED) is 0.605. The van der Waals surface area contributed by atoms with Gasteiger partial charge in [-0.05, 0) is 52.4 Å². The van der Waals surface area contributed by atoms with Crippen molar-refractivity contribution in [2.45, 2.75) is 18.3 Å². The molecule has 1 aliphatic carbocycles. The highest BCUT2D eigenvalue weighted by atomic mass is 16.6. The number of carbonyl (C=O) groups is 2. The number of rotatable bonds is 3. The number of nitrogens with zero attached hydrogens (tertiary/aromatic N) is 1. The summed E-state index contributed by atoms with van der Waals surface area (Å²) in [6.07, 6.45) is -0.0741. The van der Waals surface area contributed by atoms with Crippen LogP contribution < -0.4 is 4.90 Å². The largest absolute Gasteiger partial charge is 0.508 e. The van der Waals surface area contributed by atoms with E-state index in [9.17, 15) is 14.7 Å². The van der Waals surface area contributed by atoms with Crippen LogP contribution >= 0.6 is 0 Å². The highest BCUT2D eigenvalue weighted by Crippen LogP contribution is 2.45. The van der Waals surface area contributed by atoms with Gasteiger partial charge < -0.3 is 14.6 Å². The van der Waals surface area contributed by atoms with Crippen LogP contribution in [0.25, 0.3) is 11.1 Å². The van der Waals surface area contributed by atoms with Crippen LogP contribution in [0.3, 0.4) is 0 Å². The van der Waals surface area contributed by atoms with Gasteiger partial charge in [0.25, 0.3) is 0 Å². The number of aromatic hydroxyl groups is 1. The maximum atomic E-state index is 13.1. The van der Waals surface area contributed by atoms with Crippen molar-refractivity contribution in [1.82, 2.24) is 0 Å². The molecular formula is C26H23NO5. The van der Waals surface area contributed by atoms with Crippen molar-refractivity contribution >= 4 is 17.7 Å². The molecule has 0 bridgehead atoms. The van der Waals surface area contributed by atoms with Crippen molar-refractivity contribution in [1.29, 1.82) is 0 Å². The molecule has 162 valence electrons. The van der Waals surface area contributed by atoms with E-state index in [-0.39, 0.29) is 24.2 Å². The number of phenols is 1. The summed E-state index contributed by atoms with van der Waals surface area (Å²) < 4.78 is 10.7. The molecule has 1 atom stereocenters. The van der Waals surface area contributed by atoms with Crippen LogP contribution in [0.2, 0.25) is 0 Å². The van der Waals surface area contributed by atoms with E-state index in [1.807, 2.05) is 24.3 Å². The number of anilines is 1. The lowest BCUT2D eigenvalue weighted by Crippen LogP contribution is -2.39. The monoisotopic (exact) mass is 429 g/mol. The van der Waals surface area contributed by atoms with E-state index in [0.29, 0.717) is 24.2 Å². The summed E-state index contributed by atoms with van der Waals surface area (Å²) >= 11 is 0. The molecule has 1 heterocycles. The number of amides is 1. The maximum Gasteiger partial charge on any atom is 0.414 e. The number of methoxy groups -OCH3 is 1. The third kappa shape index (κ3) is 3.28. The Labute approximate surface area is 186 Å². The zero-order valence-corrected chi connectivity index (χ0v) is 17.7. The van der Waals surface area contributed by atoms with Gasteiger partial charge in [-0.1, -0.05) is 48.5 Å². The molecule has 1 unspecified atom stereocenters. The van der Waals surface area contributed by atoms with Crippen molar-refractivity contribution in [3.63, 3.8) is 0 Å². The first-order valence-electron chi connectivity index (χ1n) is 10.6. The Balaban J connectivity index is 1.39. The highest BCUT2D eigenvalue weighted by Gasteiger charge is 2.35. The van der Waals surface area contributed by atoms with Crippen LogP contribution in [-0.4, -0.2) is 37.4 Å². The van der Waals surface area contributed by atoms with Crippen LogP contribution in [0.4, 0.5) is 10.5 Å². The maximum absolute atomic E-state index is 13.1. The number of fused-ring (bicyclic) bond motifs is 4. The van der Waals surface area contributed by atoms with E-state index in [1.165, 1.54) is 35.3 Å². The molecule has 1 aliphatic heterocycles. The SMILES string of the molecule is COC(=O)C1CCN(C(=O)OCC2c3ccccc3-c3ccccc32)c2ccc(O)cc21. The average Bonchev–Trinajstić information content (AvgIpc) is 3.15. The zero-order chi connectivity index (χ0) is 22.2. The van der Waals surface area contributed by atoms with Gasteiger partial charge >= 0.3 is 12.1 Å². The van der Waals surface area contributed by atoms with Gasteiger partial charge in [-0.3, -0.25) is 9.69 Å². The lowest BCUT2D eigenvalue weighted by atomic mass is 9.90. The summed E-state index contributed by atoms with van der Waals surface area (Å²) in [6, 6.07) is 21.0. The fraction of sp³-hybridized carbons (Fsp3) is 0.231. The van der Waals surface area contributed by atoms with E-state index in [1.54, 1.807) is 6.07 Å². The second kappa shape index (κ2) is 8.04. The first kappa shape index (κ1) is 20.1. The molecule has 32 heavy (non-hydrogen) atoms. The predicted octanol–water partition coefficient (Wildman–Crippen LogP) is 4.81. The Kier molecular flexibility index (Phi) is 5.05. The number of ether oxygens (including phenoxy) is 2. The Bertz CT molecular complexity index is 1160. The van der Waals surface area contributed by atoms with Crippen LogP contribution in [0, 0.1) is 0 Å². The van der Waals surface area contributed by atoms with Gasteiger partial charge in [0, 0.05) is 12.5 Å². The number of esters is 1. The van der Waals surface area contributed by atoms with Crippen molar-refractivity contribution < 1.29 is 24.2 Å². The fourth-order valence-corrected chi connectivity index (χ4v) is 4.85. The molecule has 0 saturated heterocycles. The van der Waals surface area contributed by atoms with Gasteiger partial charge in [0.05, 0.1) is 18.7 Å². The molecule has 5 rings (SSSR count). The number of benzene rings is 3. The average molecular weight is 429 g/mol. The molecule has 0 radical (unpaired) electrons. The Morgan fingerprint density at radius 1 is 0.969 bits per heavy atom. The topological polar surface area (TPSA) is 76.1 Å². The molecule has 1 amide bonds. The minimum Gasteiger partial charge on any atom is -0.508 e. The Hall–Kier alpha value is -3.80. The number of carbonyl (C=O) groups excluding carboxylic acids is 2. The van der Waals surface area contributed by atoms with E-state index >= 15 is 0 Å². The summed E-state index contributed by atoms with van der Waals surface area (Å²) in [7, 11) is 1.34. The van der Waals surface area contributed by atoms with E-state index in [4.69, 9.17) is 9.47 Å². The molecule has 6 heteroatoms. The Morgan fingerprint density at radius 2 is 1.62 bits per heavy atom. The summed E-state index contributed by atoms with van der Waals surface area (Å²) in [5.74, 6) is -0.908. The van der Waals surface area contributed by atoms with Gasteiger partial charge in [-0.2, -0.15) is 0 Å². The second-order valence-electron chi connectivity index (χ2n) is 8.06. The van der Waals surface area contributed by atoms with Crippen molar-refractivity contribution in [2.75, 3.05) is 25.2 Å². The van der Waals surface area contributed by atoms with Gasteiger partial charge in [0.15, 0.2) is 0 Å². The predicted molar refractivity (Wildman–Crippen MR) is 120 cm³/mol. The second-order valence-corrected chi connectivity index (χ2v) is 8.06. The van der Waals surface area contributed by atoms with Crippen molar-refractivity contribution in [2.24, 2.45) is 0 Å². The molecule has 3 aromatic carbocycles. The van der Waals surface area contributed by atoms with Gasteiger partial charge in [0.2, 0.25) is 0 Å². The smallest absolute Gasteiger partial charge is 0.414 e. The van der Waals surface area contributed by atoms with Gasteiger partial charge in [0.1, 0.15) is 12.4 Å². The van der Waals surface area contributed by atoms with Crippen LogP contribution in [0.5, 0.6) is 5.75 Å². The van der Waals surface area contributed by atoms with Gasteiger partial charge in [-0.15, -0.1) is 0 Å². The molecule has 0 fully saturated rings. The summed E-state index contributed by atoms with van der Waals surface area (Å²) in [4.78, 5) is 26.8. The normalized spacial score (nSPS) is 16.7. The first-order chi connectivity index (χ1) is 15.6. The Morgan fingerprint density at radius 3 is 2.28 bits per heavy atom. The van der Waals surface area contributed by atoms with Crippen molar-refractivity contribution in [3.8, 4) is 16.9 Å². The minimum atomic E-state index is -0.528. The number of hydrogen-bond acceptors (Lipinski definition) is 5. The van der Waals surface area contributed by atoms with Crippen LogP contribution in [0.15, 0.2) is 66.7 Å². The van der Waals surface area contributed by atoms with Crippen LogP contribution in [0.1, 0.15) is 34.9 Å². The number of phenolic OH excluding ortho intramolecular Hbond substituents is 1. The van der Waals surface area contributed by atoms with E-state index in [0.717, 1.165) is 11.1 Å². The molecular weight excluding hydrogens is 406 g/mol. The summed E-state index contributed by atoms with van der Waals surface area (Å²) in [6.45, 7) is 0.547. The molecule has 0 saturated carbocycles. The van der Waals surface area contributed by atoms with Crippen molar-refractivity contribution in [3.05, 3.63) is 83.4 Å². The number of hydrogen-bond donors (Lipinski definition) is 1. The lowest BCUT2D eigenvalue weighted by Gasteiger charge is -2.32. The molecule has 0 aromatic heterocycles. The summed E-state index contributed by atoms with van der Waals surface area (Å²) in [5.41, 5.74) is 5.76. The summed E-state index contributed by atoms with van der Waals surface area (Å²) in [5, 5.41) is 9.93. The standard InChI is InChI=1S/C26H23NO5/c1-31-25(29)21-12-13-27(24-11-10-16(28)14-22(21)24)26(30)32-15-23-19-8-4-2-6-17(19)18-7-3-5-9-20(18)23/h2-11,14,21,23,28H,12-13,15H2,1H3. The van der Waals surface area contributed by atoms with E-state index in [2.05, 4.69) is 24.3 Å². The molecule has 6 nitrogen and oxygen atoms in total. The van der Waals surface area contributed by atoms with E-state index < -0.39 is 12.0 Å². The first-order valence-corrected chi connectivity index (χ1v) is 10.6. The lowest BCUT2D eigenvalue weighted by molar-refractivity contribution is -0.142.